The van der Waals surface area contributed by atoms with E-state index in [-0.39, 0.29) is 36.8 Å². The van der Waals surface area contributed by atoms with Crippen molar-refractivity contribution in [2.75, 3.05) is 26.3 Å². The molecular weight excluding hydrogens is 430 g/mol. The van der Waals surface area contributed by atoms with Gasteiger partial charge in [0, 0.05) is 13.1 Å². The average molecular weight is 447 g/mol. The Morgan fingerprint density at radius 3 is 2.30 bits per heavy atom. The number of alkyl halides is 3. The van der Waals surface area contributed by atoms with E-state index >= 15 is 0 Å². The molecule has 1 aliphatic heterocycles. The van der Waals surface area contributed by atoms with E-state index in [9.17, 15) is 30.8 Å². The Labute approximate surface area is 170 Å². The summed E-state index contributed by atoms with van der Waals surface area (Å²) < 4.78 is 88.4. The van der Waals surface area contributed by atoms with Crippen molar-refractivity contribution in [3.05, 3.63) is 65.0 Å². The van der Waals surface area contributed by atoms with Gasteiger partial charge in [-0.2, -0.15) is 17.5 Å². The molecule has 2 aromatic rings. The highest BCUT2D eigenvalue weighted by atomic mass is 32.2. The SMILES string of the molecule is O=C(OCc1ccc(C(F)(F)F)cc1)c1cc(S(=O)(=O)N2CCOCC2)ccc1F. The zero-order chi connectivity index (χ0) is 21.9. The number of esters is 1. The predicted octanol–water partition coefficient (Wildman–Crippen LogP) is 3.22. The number of carbonyl (C=O) groups is 1. The molecule has 0 radical (unpaired) electrons. The molecule has 6 nitrogen and oxygen atoms in total. The van der Waals surface area contributed by atoms with Crippen LogP contribution in [0, 0.1) is 5.82 Å². The lowest BCUT2D eigenvalue weighted by Gasteiger charge is -2.26. The molecule has 0 aromatic heterocycles. The van der Waals surface area contributed by atoms with Crippen LogP contribution in [0.15, 0.2) is 47.4 Å². The number of morpholine rings is 1. The molecule has 2 aromatic carbocycles. The minimum Gasteiger partial charge on any atom is -0.457 e. The molecule has 1 saturated heterocycles. The van der Waals surface area contributed by atoms with Crippen LogP contribution in [0.1, 0.15) is 21.5 Å². The van der Waals surface area contributed by atoms with Crippen molar-refractivity contribution in [2.24, 2.45) is 0 Å². The van der Waals surface area contributed by atoms with Crippen LogP contribution in [0.2, 0.25) is 0 Å². The number of sulfonamides is 1. The first-order valence-corrected chi connectivity index (χ1v) is 10.2. The fourth-order valence-corrected chi connectivity index (χ4v) is 4.21. The zero-order valence-electron chi connectivity index (χ0n) is 15.5. The van der Waals surface area contributed by atoms with Crippen LogP contribution in [0.3, 0.4) is 0 Å². The highest BCUT2D eigenvalue weighted by Gasteiger charge is 2.30. The molecule has 0 atom stereocenters. The number of nitrogens with zero attached hydrogens (tertiary/aromatic N) is 1. The minimum absolute atomic E-state index is 0.132. The van der Waals surface area contributed by atoms with E-state index in [1.165, 1.54) is 4.31 Å². The second kappa shape index (κ2) is 8.70. The predicted molar refractivity (Wildman–Crippen MR) is 96.5 cm³/mol. The van der Waals surface area contributed by atoms with Gasteiger partial charge in [-0.25, -0.2) is 17.6 Å². The summed E-state index contributed by atoms with van der Waals surface area (Å²) in [5.74, 6) is -2.11. The summed E-state index contributed by atoms with van der Waals surface area (Å²) in [5, 5.41) is 0. The highest BCUT2D eigenvalue weighted by molar-refractivity contribution is 7.89. The Bertz CT molecular complexity index is 1020. The summed E-state index contributed by atoms with van der Waals surface area (Å²) in [6, 6.07) is 6.71. The lowest BCUT2D eigenvalue weighted by atomic mass is 10.1. The van der Waals surface area contributed by atoms with E-state index in [2.05, 4.69) is 0 Å². The molecule has 0 aliphatic carbocycles. The molecule has 0 bridgehead atoms. The lowest BCUT2D eigenvalue weighted by Crippen LogP contribution is -2.40. The minimum atomic E-state index is -4.50. The summed E-state index contributed by atoms with van der Waals surface area (Å²) >= 11 is 0. The number of ether oxygens (including phenoxy) is 2. The van der Waals surface area contributed by atoms with Crippen molar-refractivity contribution in [3.8, 4) is 0 Å². The van der Waals surface area contributed by atoms with Crippen LogP contribution < -0.4 is 0 Å². The van der Waals surface area contributed by atoms with E-state index in [1.54, 1.807) is 0 Å². The van der Waals surface area contributed by atoms with Gasteiger partial charge in [-0.1, -0.05) is 12.1 Å². The highest BCUT2D eigenvalue weighted by Crippen LogP contribution is 2.29. The molecular formula is C19H17F4NO5S. The second-order valence-electron chi connectivity index (χ2n) is 6.43. The number of carbonyl (C=O) groups excluding carboxylic acids is 1. The molecule has 1 heterocycles. The van der Waals surface area contributed by atoms with Gasteiger partial charge in [0.15, 0.2) is 0 Å². The zero-order valence-corrected chi connectivity index (χ0v) is 16.3. The number of rotatable bonds is 5. The van der Waals surface area contributed by atoms with E-state index in [1.807, 2.05) is 0 Å². The second-order valence-corrected chi connectivity index (χ2v) is 8.37. The summed E-state index contributed by atoms with van der Waals surface area (Å²) in [6.07, 6.45) is -4.50. The van der Waals surface area contributed by atoms with Gasteiger partial charge in [0.1, 0.15) is 12.4 Å². The van der Waals surface area contributed by atoms with Crippen molar-refractivity contribution in [2.45, 2.75) is 17.7 Å². The van der Waals surface area contributed by atoms with Gasteiger partial charge in [0.25, 0.3) is 0 Å². The van der Waals surface area contributed by atoms with Crippen molar-refractivity contribution in [3.63, 3.8) is 0 Å². The Hall–Kier alpha value is -2.50. The maximum absolute atomic E-state index is 14.1. The summed E-state index contributed by atoms with van der Waals surface area (Å²) in [4.78, 5) is 12.0. The van der Waals surface area contributed by atoms with E-state index in [0.29, 0.717) is 0 Å². The molecule has 11 heteroatoms. The Balaban J connectivity index is 1.73. The number of hydrogen-bond donors (Lipinski definition) is 0. The third-order valence-electron chi connectivity index (χ3n) is 4.42. The molecule has 0 N–H and O–H groups in total. The van der Waals surface area contributed by atoms with Gasteiger partial charge in [0.05, 0.1) is 29.2 Å². The monoisotopic (exact) mass is 447 g/mol. The Morgan fingerprint density at radius 1 is 1.07 bits per heavy atom. The van der Waals surface area contributed by atoms with Crippen molar-refractivity contribution in [1.82, 2.24) is 4.31 Å². The number of hydrogen-bond acceptors (Lipinski definition) is 5. The normalized spacial score (nSPS) is 15.7. The van der Waals surface area contributed by atoms with Gasteiger partial charge in [0.2, 0.25) is 10.0 Å². The standard InChI is InChI=1S/C19H17F4NO5S/c20-17-6-5-15(30(26,27)24-7-9-28-10-8-24)11-16(17)18(25)29-12-13-1-3-14(4-2-13)19(21,22)23/h1-6,11H,7-10,12H2. The van der Waals surface area contributed by atoms with Gasteiger partial charge >= 0.3 is 12.1 Å². The summed E-state index contributed by atoms with van der Waals surface area (Å²) in [6.45, 7) is 0.308. The number of benzene rings is 2. The van der Waals surface area contributed by atoms with Gasteiger partial charge < -0.3 is 9.47 Å². The van der Waals surface area contributed by atoms with E-state index < -0.39 is 45.7 Å². The van der Waals surface area contributed by atoms with Crippen LogP contribution in [0.5, 0.6) is 0 Å². The molecule has 1 aliphatic rings. The lowest BCUT2D eigenvalue weighted by molar-refractivity contribution is -0.137. The van der Waals surface area contributed by atoms with Gasteiger partial charge in [-0.15, -0.1) is 0 Å². The van der Waals surface area contributed by atoms with E-state index in [4.69, 9.17) is 9.47 Å². The average Bonchev–Trinajstić information content (AvgIpc) is 2.72. The summed E-state index contributed by atoms with van der Waals surface area (Å²) in [5.41, 5.74) is -1.19. The quantitative estimate of drug-likeness (QED) is 0.520. The first-order valence-electron chi connectivity index (χ1n) is 8.80. The van der Waals surface area contributed by atoms with Crippen LogP contribution >= 0.6 is 0 Å². The molecule has 3 rings (SSSR count). The molecule has 0 unspecified atom stereocenters. The van der Waals surface area contributed by atoms with Crippen LogP contribution in [0.4, 0.5) is 17.6 Å². The molecule has 1 fully saturated rings. The topological polar surface area (TPSA) is 72.9 Å². The fraction of sp³-hybridized carbons (Fsp3) is 0.316. The van der Waals surface area contributed by atoms with Crippen molar-refractivity contribution < 1.29 is 40.2 Å². The maximum Gasteiger partial charge on any atom is 0.416 e. The van der Waals surface area contributed by atoms with Gasteiger partial charge in [-0.05, 0) is 35.9 Å². The smallest absolute Gasteiger partial charge is 0.416 e. The first kappa shape index (κ1) is 22.2. The fourth-order valence-electron chi connectivity index (χ4n) is 2.77. The van der Waals surface area contributed by atoms with Gasteiger partial charge in [-0.3, -0.25) is 0 Å². The molecule has 0 spiro atoms. The third kappa shape index (κ3) is 4.97. The van der Waals surface area contributed by atoms with Crippen molar-refractivity contribution >= 4 is 16.0 Å². The molecule has 0 amide bonds. The van der Waals surface area contributed by atoms with E-state index in [0.717, 1.165) is 42.5 Å². The van der Waals surface area contributed by atoms with Crippen LogP contribution in [-0.4, -0.2) is 45.0 Å². The first-order chi connectivity index (χ1) is 14.1. The molecule has 162 valence electrons. The van der Waals surface area contributed by atoms with Crippen LogP contribution in [-0.2, 0) is 32.3 Å². The molecule has 0 saturated carbocycles. The van der Waals surface area contributed by atoms with Crippen molar-refractivity contribution in [1.29, 1.82) is 0 Å². The Morgan fingerprint density at radius 2 is 1.70 bits per heavy atom. The largest absolute Gasteiger partial charge is 0.457 e. The molecule has 30 heavy (non-hydrogen) atoms. The van der Waals surface area contributed by atoms with Crippen LogP contribution in [0.25, 0.3) is 0 Å². The third-order valence-corrected chi connectivity index (χ3v) is 6.31. The Kier molecular flexibility index (Phi) is 6.44. The summed E-state index contributed by atoms with van der Waals surface area (Å²) in [7, 11) is -3.95. The maximum atomic E-state index is 14.1. The number of halogens is 4.